The van der Waals surface area contributed by atoms with Crippen molar-refractivity contribution in [2.75, 3.05) is 7.05 Å². The van der Waals surface area contributed by atoms with Crippen LogP contribution >= 0.6 is 0 Å². The molecule has 1 saturated carbocycles. The first-order chi connectivity index (χ1) is 8.69. The summed E-state index contributed by atoms with van der Waals surface area (Å²) in [5.41, 5.74) is 0.0197. The Balaban J connectivity index is 2.42. The number of amides is 1. The Kier molecular flexibility index (Phi) is 5.39. The number of hydrogen-bond acceptors (Lipinski definition) is 2. The summed E-state index contributed by atoms with van der Waals surface area (Å²) < 4.78 is 0. The van der Waals surface area contributed by atoms with Crippen molar-refractivity contribution >= 4 is 11.9 Å². The van der Waals surface area contributed by atoms with Gasteiger partial charge in [0, 0.05) is 25.9 Å². The van der Waals surface area contributed by atoms with E-state index in [1.807, 2.05) is 11.9 Å². The third kappa shape index (κ3) is 5.62. The summed E-state index contributed by atoms with van der Waals surface area (Å²) in [6, 6.07) is 0.292. The van der Waals surface area contributed by atoms with E-state index in [0.29, 0.717) is 18.4 Å². The number of hydrogen-bond donors (Lipinski definition) is 1. The fourth-order valence-electron chi connectivity index (χ4n) is 2.77. The monoisotopic (exact) mass is 269 g/mol. The Hall–Kier alpha value is -1.06. The first kappa shape index (κ1) is 16.0. The second-order valence-corrected chi connectivity index (χ2v) is 7.01. The molecule has 0 aromatic rings. The molecule has 0 aromatic heterocycles. The molecule has 0 saturated heterocycles. The number of aliphatic carboxylic acids is 1. The van der Waals surface area contributed by atoms with Crippen LogP contribution in [0.25, 0.3) is 0 Å². The van der Waals surface area contributed by atoms with E-state index in [1.54, 1.807) is 0 Å². The van der Waals surface area contributed by atoms with Crippen molar-refractivity contribution in [1.29, 1.82) is 0 Å². The molecule has 0 spiro atoms. The van der Waals surface area contributed by atoms with Crippen LogP contribution in [-0.2, 0) is 9.59 Å². The zero-order valence-corrected chi connectivity index (χ0v) is 12.6. The van der Waals surface area contributed by atoms with E-state index in [-0.39, 0.29) is 17.7 Å². The lowest BCUT2D eigenvalue weighted by Gasteiger charge is -2.35. The van der Waals surface area contributed by atoms with E-state index in [4.69, 9.17) is 5.11 Å². The van der Waals surface area contributed by atoms with E-state index < -0.39 is 5.97 Å². The van der Waals surface area contributed by atoms with Gasteiger partial charge in [-0.3, -0.25) is 9.59 Å². The molecule has 1 N–H and O–H groups in total. The topological polar surface area (TPSA) is 57.6 Å². The normalized spacial score (nSPS) is 24.0. The van der Waals surface area contributed by atoms with Crippen LogP contribution in [0.1, 0.15) is 59.3 Å². The fraction of sp³-hybridized carbons (Fsp3) is 0.867. The highest BCUT2D eigenvalue weighted by atomic mass is 16.4. The molecule has 1 aliphatic rings. The lowest BCUT2D eigenvalue weighted by atomic mass is 9.83. The molecule has 0 aliphatic heterocycles. The number of carbonyl (C=O) groups is 2. The Morgan fingerprint density at radius 3 is 2.11 bits per heavy atom. The number of rotatable bonds is 4. The largest absolute Gasteiger partial charge is 0.481 e. The predicted molar refractivity (Wildman–Crippen MR) is 74.8 cm³/mol. The van der Waals surface area contributed by atoms with Crippen LogP contribution in [0.2, 0.25) is 0 Å². The van der Waals surface area contributed by atoms with Gasteiger partial charge in [-0.25, -0.2) is 0 Å². The summed E-state index contributed by atoms with van der Waals surface area (Å²) in [6.45, 7) is 6.22. The highest BCUT2D eigenvalue weighted by Gasteiger charge is 2.29. The van der Waals surface area contributed by atoms with Gasteiger partial charge in [-0.1, -0.05) is 20.8 Å². The standard InChI is InChI=1S/C15H27NO3/c1-15(2,3)10-13(17)16(4)12-7-5-11(6-8-12)9-14(18)19/h11-12H,5-10H2,1-4H3,(H,18,19). The molecular weight excluding hydrogens is 242 g/mol. The molecule has 19 heavy (non-hydrogen) atoms. The molecule has 0 heterocycles. The number of carboxylic acid groups (broad SMARTS) is 1. The zero-order valence-electron chi connectivity index (χ0n) is 12.6. The minimum Gasteiger partial charge on any atom is -0.481 e. The van der Waals surface area contributed by atoms with Crippen LogP contribution < -0.4 is 0 Å². The number of carboxylic acids is 1. The Morgan fingerprint density at radius 1 is 1.16 bits per heavy atom. The molecule has 1 amide bonds. The van der Waals surface area contributed by atoms with E-state index in [0.717, 1.165) is 25.7 Å². The SMILES string of the molecule is CN(C(=O)CC(C)(C)C)C1CCC(CC(=O)O)CC1. The molecule has 1 fully saturated rings. The summed E-state index contributed by atoms with van der Waals surface area (Å²) in [7, 11) is 1.89. The van der Waals surface area contributed by atoms with Gasteiger partial charge in [-0.15, -0.1) is 0 Å². The molecule has 0 radical (unpaired) electrons. The lowest BCUT2D eigenvalue weighted by Crippen LogP contribution is -2.40. The Morgan fingerprint density at radius 2 is 1.68 bits per heavy atom. The second-order valence-electron chi connectivity index (χ2n) is 7.01. The van der Waals surface area contributed by atoms with Crippen LogP contribution in [0.4, 0.5) is 0 Å². The smallest absolute Gasteiger partial charge is 0.303 e. The quantitative estimate of drug-likeness (QED) is 0.853. The molecule has 4 nitrogen and oxygen atoms in total. The second kappa shape index (κ2) is 6.40. The van der Waals surface area contributed by atoms with E-state index in [1.165, 1.54) is 0 Å². The van der Waals surface area contributed by atoms with E-state index >= 15 is 0 Å². The third-order valence-electron chi connectivity index (χ3n) is 3.90. The summed E-state index contributed by atoms with van der Waals surface area (Å²) in [5, 5.41) is 8.79. The Bertz CT molecular complexity index is 325. The van der Waals surface area contributed by atoms with E-state index in [2.05, 4.69) is 20.8 Å². The van der Waals surface area contributed by atoms with Crippen LogP contribution in [-0.4, -0.2) is 35.0 Å². The van der Waals surface area contributed by atoms with Gasteiger partial charge in [0.15, 0.2) is 0 Å². The fourth-order valence-corrected chi connectivity index (χ4v) is 2.77. The maximum Gasteiger partial charge on any atom is 0.303 e. The Labute approximate surface area is 116 Å². The summed E-state index contributed by atoms with van der Waals surface area (Å²) >= 11 is 0. The summed E-state index contributed by atoms with van der Waals surface area (Å²) in [6.07, 6.45) is 4.55. The molecular formula is C15H27NO3. The van der Waals surface area contributed by atoms with Gasteiger partial charge in [0.05, 0.1) is 0 Å². The molecule has 4 heteroatoms. The van der Waals surface area contributed by atoms with Crippen molar-refractivity contribution in [3.05, 3.63) is 0 Å². The summed E-state index contributed by atoms with van der Waals surface area (Å²) in [4.78, 5) is 24.7. The highest BCUT2D eigenvalue weighted by molar-refractivity contribution is 5.76. The van der Waals surface area contributed by atoms with Crippen molar-refractivity contribution in [2.24, 2.45) is 11.3 Å². The van der Waals surface area contributed by atoms with Crippen molar-refractivity contribution in [1.82, 2.24) is 4.90 Å². The van der Waals surface area contributed by atoms with Gasteiger partial charge in [0.2, 0.25) is 5.91 Å². The molecule has 1 rings (SSSR count). The van der Waals surface area contributed by atoms with Crippen molar-refractivity contribution in [3.8, 4) is 0 Å². The first-order valence-corrected chi connectivity index (χ1v) is 7.16. The zero-order chi connectivity index (χ0) is 14.6. The van der Waals surface area contributed by atoms with Crippen LogP contribution in [0.3, 0.4) is 0 Å². The van der Waals surface area contributed by atoms with Crippen molar-refractivity contribution in [2.45, 2.75) is 65.3 Å². The number of carbonyl (C=O) groups excluding carboxylic acids is 1. The molecule has 0 unspecified atom stereocenters. The van der Waals surface area contributed by atoms with Gasteiger partial charge in [0.1, 0.15) is 0 Å². The maximum atomic E-state index is 12.1. The minimum absolute atomic E-state index is 0.0197. The van der Waals surface area contributed by atoms with E-state index in [9.17, 15) is 9.59 Å². The molecule has 0 atom stereocenters. The van der Waals surface area contributed by atoms with Gasteiger partial charge in [-0.2, -0.15) is 0 Å². The summed E-state index contributed by atoms with van der Waals surface area (Å²) in [5.74, 6) is -0.213. The average molecular weight is 269 g/mol. The average Bonchev–Trinajstić information content (AvgIpc) is 2.26. The van der Waals surface area contributed by atoms with Gasteiger partial charge in [-0.05, 0) is 37.0 Å². The van der Waals surface area contributed by atoms with Crippen molar-refractivity contribution < 1.29 is 14.7 Å². The third-order valence-corrected chi connectivity index (χ3v) is 3.90. The first-order valence-electron chi connectivity index (χ1n) is 7.16. The maximum absolute atomic E-state index is 12.1. The van der Waals surface area contributed by atoms with Gasteiger partial charge >= 0.3 is 5.97 Å². The molecule has 0 bridgehead atoms. The lowest BCUT2D eigenvalue weighted by molar-refractivity contribution is -0.139. The van der Waals surface area contributed by atoms with Gasteiger partial charge < -0.3 is 10.0 Å². The molecule has 110 valence electrons. The van der Waals surface area contributed by atoms with Crippen LogP contribution in [0, 0.1) is 11.3 Å². The molecule has 1 aliphatic carbocycles. The highest BCUT2D eigenvalue weighted by Crippen LogP contribution is 2.30. The predicted octanol–water partition coefficient (Wildman–Crippen LogP) is 2.91. The van der Waals surface area contributed by atoms with Crippen LogP contribution in [0.5, 0.6) is 0 Å². The van der Waals surface area contributed by atoms with Crippen LogP contribution in [0.15, 0.2) is 0 Å². The molecule has 0 aromatic carbocycles. The van der Waals surface area contributed by atoms with Crippen molar-refractivity contribution in [3.63, 3.8) is 0 Å². The van der Waals surface area contributed by atoms with Gasteiger partial charge in [0.25, 0.3) is 0 Å². The number of nitrogens with zero attached hydrogens (tertiary/aromatic N) is 1. The minimum atomic E-state index is -0.708.